The van der Waals surface area contributed by atoms with Crippen molar-refractivity contribution in [1.82, 2.24) is 15.0 Å². The molecule has 0 aliphatic rings. The van der Waals surface area contributed by atoms with E-state index in [2.05, 4.69) is 27.9 Å². The van der Waals surface area contributed by atoms with Gasteiger partial charge >= 0.3 is 0 Å². The van der Waals surface area contributed by atoms with Crippen molar-refractivity contribution in [3.05, 3.63) is 30.4 Å². The number of rotatable bonds is 1. The summed E-state index contributed by atoms with van der Waals surface area (Å²) in [4.78, 5) is 14.0. The van der Waals surface area contributed by atoms with Crippen LogP contribution in [0.3, 0.4) is 0 Å². The lowest BCUT2D eigenvalue weighted by Crippen LogP contribution is -1.87. The number of hydrogen-bond acceptors (Lipinski definition) is 4. The summed E-state index contributed by atoms with van der Waals surface area (Å²) >= 11 is 1.68. The molecule has 3 aromatic heterocycles. The second kappa shape index (κ2) is 3.24. The molecule has 3 aromatic rings. The molecule has 0 aliphatic carbocycles. The van der Waals surface area contributed by atoms with Crippen molar-refractivity contribution in [3.8, 4) is 0 Å². The Labute approximate surface area is 90.8 Å². The van der Waals surface area contributed by atoms with Crippen LogP contribution >= 0.6 is 11.3 Å². The lowest BCUT2D eigenvalue weighted by molar-refractivity contribution is 1.04. The van der Waals surface area contributed by atoms with Gasteiger partial charge in [-0.3, -0.25) is 0 Å². The second-order valence-corrected chi connectivity index (χ2v) is 4.31. The maximum absolute atomic E-state index is 4.34. The zero-order chi connectivity index (χ0) is 10.3. The Morgan fingerprint density at radius 3 is 3.07 bits per heavy atom. The van der Waals surface area contributed by atoms with Gasteiger partial charge in [0.1, 0.15) is 11.2 Å². The van der Waals surface area contributed by atoms with Gasteiger partial charge in [0.05, 0.1) is 15.9 Å². The van der Waals surface area contributed by atoms with Gasteiger partial charge in [-0.1, -0.05) is 6.92 Å². The molecule has 0 aliphatic heterocycles. The zero-order valence-electron chi connectivity index (χ0n) is 8.27. The third-order valence-electron chi connectivity index (χ3n) is 2.44. The van der Waals surface area contributed by atoms with Crippen LogP contribution in [0.4, 0.5) is 0 Å². The summed E-state index contributed by atoms with van der Waals surface area (Å²) in [5.74, 6) is 0. The van der Waals surface area contributed by atoms with Crippen molar-refractivity contribution in [2.45, 2.75) is 13.3 Å². The first-order valence-corrected chi connectivity index (χ1v) is 5.69. The monoisotopic (exact) mass is 215 g/mol. The highest BCUT2D eigenvalue weighted by Gasteiger charge is 2.09. The third-order valence-corrected chi connectivity index (χ3v) is 3.59. The van der Waals surface area contributed by atoms with Crippen molar-refractivity contribution in [2.24, 2.45) is 0 Å². The van der Waals surface area contributed by atoms with Gasteiger partial charge in [0.25, 0.3) is 0 Å². The molecule has 74 valence electrons. The summed E-state index contributed by atoms with van der Waals surface area (Å²) in [5.41, 5.74) is 2.15. The number of fused-ring (bicyclic) bond motifs is 3. The predicted octanol–water partition coefficient (Wildman–Crippen LogP) is 2.80. The van der Waals surface area contributed by atoms with Gasteiger partial charge in [0.15, 0.2) is 0 Å². The van der Waals surface area contributed by atoms with Gasteiger partial charge in [0, 0.05) is 11.6 Å². The summed E-state index contributed by atoms with van der Waals surface area (Å²) in [6.07, 6.45) is 4.39. The highest BCUT2D eigenvalue weighted by Crippen LogP contribution is 2.31. The highest BCUT2D eigenvalue weighted by molar-refractivity contribution is 7.25. The molecular weight excluding hydrogens is 206 g/mol. The van der Waals surface area contributed by atoms with Gasteiger partial charge in [-0.2, -0.15) is 0 Å². The number of aromatic nitrogens is 3. The maximum atomic E-state index is 4.34. The molecule has 15 heavy (non-hydrogen) atoms. The normalized spacial score (nSPS) is 11.3. The number of nitrogens with zero attached hydrogens (tertiary/aromatic N) is 3. The first kappa shape index (κ1) is 8.73. The quantitative estimate of drug-likeness (QED) is 0.626. The standard InChI is InChI=1S/C11H9N3S/c1-2-8-10-9(14-6-13-8)7-4-3-5-12-11(7)15-10/h3-6H,2H2,1H3. The average molecular weight is 215 g/mol. The summed E-state index contributed by atoms with van der Waals surface area (Å²) in [6, 6.07) is 4.01. The minimum Gasteiger partial charge on any atom is -0.245 e. The van der Waals surface area contributed by atoms with Crippen LogP contribution in [0.2, 0.25) is 0 Å². The van der Waals surface area contributed by atoms with Crippen LogP contribution in [0.5, 0.6) is 0 Å². The fourth-order valence-electron chi connectivity index (χ4n) is 1.71. The fourth-order valence-corrected chi connectivity index (χ4v) is 2.87. The Bertz CT molecular complexity index is 630. The summed E-state index contributed by atoms with van der Waals surface area (Å²) < 4.78 is 1.17. The van der Waals surface area contributed by atoms with Gasteiger partial charge in [-0.25, -0.2) is 15.0 Å². The van der Waals surface area contributed by atoms with Crippen molar-refractivity contribution < 1.29 is 0 Å². The van der Waals surface area contributed by atoms with Crippen molar-refractivity contribution >= 4 is 31.8 Å². The molecule has 4 heteroatoms. The van der Waals surface area contributed by atoms with E-state index in [1.54, 1.807) is 17.7 Å². The van der Waals surface area contributed by atoms with E-state index in [4.69, 9.17) is 0 Å². The Kier molecular flexibility index (Phi) is 1.89. The highest BCUT2D eigenvalue weighted by atomic mass is 32.1. The van der Waals surface area contributed by atoms with Crippen molar-refractivity contribution in [2.75, 3.05) is 0 Å². The minimum absolute atomic E-state index is 0.936. The lowest BCUT2D eigenvalue weighted by Gasteiger charge is -1.95. The Hall–Kier alpha value is -1.55. The molecule has 0 radical (unpaired) electrons. The van der Waals surface area contributed by atoms with E-state index in [0.29, 0.717) is 0 Å². The molecule has 0 fully saturated rings. The number of aryl methyl sites for hydroxylation is 1. The Morgan fingerprint density at radius 2 is 2.20 bits per heavy atom. The van der Waals surface area contributed by atoms with E-state index in [1.807, 2.05) is 12.3 Å². The van der Waals surface area contributed by atoms with Gasteiger partial charge in [0.2, 0.25) is 0 Å². The van der Waals surface area contributed by atoms with Gasteiger partial charge in [-0.15, -0.1) is 11.3 Å². The Balaban J connectivity index is 2.53. The molecule has 0 unspecified atom stereocenters. The molecule has 0 N–H and O–H groups in total. The largest absolute Gasteiger partial charge is 0.245 e. The first-order chi connectivity index (χ1) is 7.40. The van der Waals surface area contributed by atoms with Crippen LogP contribution in [-0.2, 0) is 6.42 Å². The molecule has 0 spiro atoms. The third kappa shape index (κ3) is 1.22. The number of pyridine rings is 1. The predicted molar refractivity (Wildman–Crippen MR) is 62.1 cm³/mol. The number of thiophene rings is 1. The van der Waals surface area contributed by atoms with E-state index in [1.165, 1.54) is 4.70 Å². The van der Waals surface area contributed by atoms with Crippen LogP contribution < -0.4 is 0 Å². The molecule has 0 bridgehead atoms. The average Bonchev–Trinajstić information content (AvgIpc) is 2.67. The van der Waals surface area contributed by atoms with E-state index >= 15 is 0 Å². The molecule has 0 atom stereocenters. The molecule has 0 aromatic carbocycles. The first-order valence-electron chi connectivity index (χ1n) is 4.87. The summed E-state index contributed by atoms with van der Waals surface area (Å²) in [5, 5.41) is 1.13. The molecule has 3 heterocycles. The van der Waals surface area contributed by atoms with Gasteiger partial charge in [-0.05, 0) is 18.6 Å². The van der Waals surface area contributed by atoms with Crippen molar-refractivity contribution in [3.63, 3.8) is 0 Å². The zero-order valence-corrected chi connectivity index (χ0v) is 9.08. The topological polar surface area (TPSA) is 38.7 Å². The van der Waals surface area contributed by atoms with Crippen molar-refractivity contribution in [1.29, 1.82) is 0 Å². The van der Waals surface area contributed by atoms with Crippen LogP contribution in [-0.4, -0.2) is 15.0 Å². The lowest BCUT2D eigenvalue weighted by atomic mass is 10.2. The molecule has 3 rings (SSSR count). The minimum atomic E-state index is 0.936. The van der Waals surface area contributed by atoms with Gasteiger partial charge < -0.3 is 0 Å². The van der Waals surface area contributed by atoms with Crippen LogP contribution in [0.1, 0.15) is 12.6 Å². The smallest absolute Gasteiger partial charge is 0.126 e. The second-order valence-electron chi connectivity index (χ2n) is 3.31. The molecule has 0 saturated heterocycles. The maximum Gasteiger partial charge on any atom is 0.126 e. The number of hydrogen-bond donors (Lipinski definition) is 0. The SMILES string of the molecule is CCc1ncnc2c1sc1ncccc12. The van der Waals surface area contributed by atoms with Crippen LogP contribution in [0.25, 0.3) is 20.4 Å². The summed E-state index contributed by atoms with van der Waals surface area (Å²) in [7, 11) is 0. The van der Waals surface area contributed by atoms with E-state index in [0.717, 1.165) is 27.8 Å². The van der Waals surface area contributed by atoms with Crippen LogP contribution in [0, 0.1) is 0 Å². The van der Waals surface area contributed by atoms with Crippen LogP contribution in [0.15, 0.2) is 24.7 Å². The van der Waals surface area contributed by atoms with E-state index in [-0.39, 0.29) is 0 Å². The van der Waals surface area contributed by atoms with E-state index in [9.17, 15) is 0 Å². The Morgan fingerprint density at radius 1 is 1.27 bits per heavy atom. The fraction of sp³-hybridized carbons (Fsp3) is 0.182. The molecular formula is C11H9N3S. The summed E-state index contributed by atoms with van der Waals surface area (Å²) in [6.45, 7) is 2.11. The molecule has 3 nitrogen and oxygen atoms in total. The molecule has 0 saturated carbocycles. The molecule has 0 amide bonds. The van der Waals surface area contributed by atoms with E-state index < -0.39 is 0 Å².